The molecule has 2 atom stereocenters. The minimum Gasteiger partial charge on any atom is -0.486 e. The number of rotatable bonds is 6. The highest BCUT2D eigenvalue weighted by atomic mass is 16.6. The Labute approximate surface area is 205 Å². The second-order valence-electron chi connectivity index (χ2n) is 11.4. The number of carbonyl (C=O) groups is 3. The number of esters is 1. The van der Waals surface area contributed by atoms with Gasteiger partial charge < -0.3 is 24.4 Å². The molecule has 4 saturated carbocycles. The van der Waals surface area contributed by atoms with Crippen LogP contribution in [-0.2, 0) is 19.1 Å². The minimum atomic E-state index is -0.593. The third kappa shape index (κ3) is 4.25. The van der Waals surface area contributed by atoms with Crippen LogP contribution in [0.25, 0.3) is 0 Å². The van der Waals surface area contributed by atoms with E-state index in [0.717, 1.165) is 17.8 Å². The Kier molecular flexibility index (Phi) is 5.65. The number of nitrogens with zero attached hydrogens (tertiary/aromatic N) is 1. The lowest BCUT2D eigenvalue weighted by Gasteiger charge is -2.59. The van der Waals surface area contributed by atoms with Crippen LogP contribution in [0, 0.1) is 29.1 Å². The molecule has 1 aromatic carbocycles. The molecule has 1 saturated heterocycles. The lowest BCUT2D eigenvalue weighted by atomic mass is 9.48. The molecule has 5 fully saturated rings. The number of ether oxygens (including phenoxy) is 3. The summed E-state index contributed by atoms with van der Waals surface area (Å²) in [4.78, 5) is 39.5. The van der Waals surface area contributed by atoms with Gasteiger partial charge in [-0.1, -0.05) is 0 Å². The monoisotopic (exact) mass is 482 g/mol. The van der Waals surface area contributed by atoms with Gasteiger partial charge in [0.2, 0.25) is 5.91 Å². The summed E-state index contributed by atoms with van der Waals surface area (Å²) in [5.41, 5.74) is 0.868. The van der Waals surface area contributed by atoms with E-state index in [1.165, 1.54) is 38.5 Å². The fraction of sp³-hybridized carbons (Fsp3) is 0.667. The van der Waals surface area contributed by atoms with E-state index in [0.29, 0.717) is 30.4 Å². The van der Waals surface area contributed by atoms with Crippen molar-refractivity contribution in [2.75, 3.05) is 31.3 Å². The zero-order valence-corrected chi connectivity index (χ0v) is 20.3. The van der Waals surface area contributed by atoms with Crippen molar-refractivity contribution in [3.8, 4) is 11.5 Å². The fourth-order valence-corrected chi connectivity index (χ4v) is 7.71. The predicted molar refractivity (Wildman–Crippen MR) is 127 cm³/mol. The van der Waals surface area contributed by atoms with Gasteiger partial charge in [0.1, 0.15) is 13.2 Å². The van der Waals surface area contributed by atoms with Crippen LogP contribution in [0.4, 0.5) is 5.69 Å². The minimum absolute atomic E-state index is 0.0680. The molecule has 2 aliphatic heterocycles. The number of hydrogen-bond donors (Lipinski definition) is 1. The maximum absolute atomic E-state index is 12.7. The lowest BCUT2D eigenvalue weighted by molar-refractivity contribution is -0.153. The van der Waals surface area contributed by atoms with Crippen LogP contribution in [0.15, 0.2) is 18.2 Å². The summed E-state index contributed by atoms with van der Waals surface area (Å²) in [5.74, 6) is 2.19. The number of nitrogens with one attached hydrogen (secondary N) is 1. The molecule has 7 rings (SSSR count). The first-order chi connectivity index (χ1) is 16.9. The largest absolute Gasteiger partial charge is 0.486 e. The van der Waals surface area contributed by atoms with Crippen LogP contribution < -0.4 is 19.7 Å². The molecule has 0 unspecified atom stereocenters. The molecule has 0 radical (unpaired) electrons. The van der Waals surface area contributed by atoms with Gasteiger partial charge >= 0.3 is 5.97 Å². The molecule has 1 N–H and O–H groups in total. The third-order valence-corrected chi connectivity index (χ3v) is 9.02. The van der Waals surface area contributed by atoms with Crippen molar-refractivity contribution >= 4 is 23.5 Å². The summed E-state index contributed by atoms with van der Waals surface area (Å²) in [6.07, 6.45) is 7.78. The highest BCUT2D eigenvalue weighted by Gasteiger charge is 2.53. The van der Waals surface area contributed by atoms with Crippen LogP contribution >= 0.6 is 0 Å². The maximum Gasteiger partial charge on any atom is 0.311 e. The third-order valence-electron chi connectivity index (χ3n) is 9.02. The first kappa shape index (κ1) is 22.7. The van der Waals surface area contributed by atoms with Crippen LogP contribution in [0.5, 0.6) is 11.5 Å². The van der Waals surface area contributed by atoms with Crippen molar-refractivity contribution in [1.29, 1.82) is 0 Å². The molecule has 4 aliphatic carbocycles. The number of hydrogen-bond acceptors (Lipinski definition) is 6. The van der Waals surface area contributed by atoms with Crippen LogP contribution in [0.1, 0.15) is 51.9 Å². The van der Waals surface area contributed by atoms with E-state index >= 15 is 0 Å². The van der Waals surface area contributed by atoms with Gasteiger partial charge in [-0.25, -0.2) is 0 Å². The Bertz CT molecular complexity index is 1000. The van der Waals surface area contributed by atoms with E-state index in [1.807, 2.05) is 0 Å². The van der Waals surface area contributed by atoms with E-state index in [1.54, 1.807) is 23.1 Å². The number of fused-ring (bicyclic) bond motifs is 1. The Morgan fingerprint density at radius 3 is 2.43 bits per heavy atom. The van der Waals surface area contributed by atoms with Crippen molar-refractivity contribution in [3.05, 3.63) is 18.2 Å². The predicted octanol–water partition coefficient (Wildman–Crippen LogP) is 3.08. The summed E-state index contributed by atoms with van der Waals surface area (Å²) < 4.78 is 16.5. The van der Waals surface area contributed by atoms with E-state index in [4.69, 9.17) is 14.2 Å². The molecule has 35 heavy (non-hydrogen) atoms. The molecule has 4 bridgehead atoms. The topological polar surface area (TPSA) is 94.2 Å². The van der Waals surface area contributed by atoms with Crippen molar-refractivity contribution in [3.63, 3.8) is 0 Å². The van der Waals surface area contributed by atoms with Gasteiger partial charge in [-0.05, 0) is 80.8 Å². The van der Waals surface area contributed by atoms with Gasteiger partial charge in [0.25, 0.3) is 5.91 Å². The molecule has 2 amide bonds. The fourth-order valence-electron chi connectivity index (χ4n) is 7.71. The second-order valence-corrected chi connectivity index (χ2v) is 11.4. The first-order valence-corrected chi connectivity index (χ1v) is 13.0. The van der Waals surface area contributed by atoms with Crippen molar-refractivity contribution < 1.29 is 28.6 Å². The van der Waals surface area contributed by atoms with Crippen molar-refractivity contribution in [2.24, 2.45) is 29.1 Å². The normalized spacial score (nSPS) is 33.5. The van der Waals surface area contributed by atoms with E-state index in [-0.39, 0.29) is 42.8 Å². The number of amides is 2. The van der Waals surface area contributed by atoms with Gasteiger partial charge in [0.05, 0.1) is 5.92 Å². The van der Waals surface area contributed by atoms with Crippen LogP contribution in [0.2, 0.25) is 0 Å². The summed E-state index contributed by atoms with van der Waals surface area (Å²) in [5, 5.41) is 3.14. The number of benzene rings is 1. The van der Waals surface area contributed by atoms with Crippen molar-refractivity contribution in [2.45, 2.75) is 57.9 Å². The van der Waals surface area contributed by atoms with Crippen LogP contribution in [0.3, 0.4) is 0 Å². The molecular weight excluding hydrogens is 448 g/mol. The molecule has 6 aliphatic rings. The van der Waals surface area contributed by atoms with Gasteiger partial charge in [-0.2, -0.15) is 0 Å². The van der Waals surface area contributed by atoms with Gasteiger partial charge in [0.15, 0.2) is 18.1 Å². The molecule has 8 heteroatoms. The molecule has 1 aromatic rings. The van der Waals surface area contributed by atoms with Gasteiger partial charge in [-0.3, -0.25) is 14.4 Å². The summed E-state index contributed by atoms with van der Waals surface area (Å²) in [6.45, 7) is 3.00. The second kappa shape index (κ2) is 8.71. The Morgan fingerprint density at radius 1 is 1.09 bits per heavy atom. The molecule has 0 aromatic heterocycles. The standard InChI is InChI=1S/C27H34N2O6/c1-16(27-11-17-6-18(12-27)8-19(7-17)13-27)28-24(30)15-35-26(32)20-9-25(31)29(14-20)21-2-3-22-23(10-21)34-5-4-33-22/h2-3,10,16-20H,4-9,11-15H2,1H3,(H,28,30)/t16-,17?,18?,19?,20+,27?/m0/s1. The summed E-state index contributed by atoms with van der Waals surface area (Å²) in [6, 6.07) is 5.41. The van der Waals surface area contributed by atoms with Crippen LogP contribution in [-0.4, -0.2) is 50.2 Å². The first-order valence-electron chi connectivity index (χ1n) is 13.0. The highest BCUT2D eigenvalue weighted by Crippen LogP contribution is 2.61. The zero-order valence-electron chi connectivity index (χ0n) is 20.3. The zero-order chi connectivity index (χ0) is 24.2. The van der Waals surface area contributed by atoms with Crippen molar-refractivity contribution in [1.82, 2.24) is 5.32 Å². The Morgan fingerprint density at radius 2 is 1.74 bits per heavy atom. The number of anilines is 1. The summed E-state index contributed by atoms with van der Waals surface area (Å²) in [7, 11) is 0. The lowest BCUT2D eigenvalue weighted by Crippen LogP contribution is -2.56. The number of carbonyl (C=O) groups excluding carboxylic acids is 3. The summed E-state index contributed by atoms with van der Waals surface area (Å²) >= 11 is 0. The maximum atomic E-state index is 12.7. The van der Waals surface area contributed by atoms with Gasteiger partial charge in [-0.15, -0.1) is 0 Å². The van der Waals surface area contributed by atoms with E-state index in [2.05, 4.69) is 12.2 Å². The van der Waals surface area contributed by atoms with E-state index < -0.39 is 11.9 Å². The SMILES string of the molecule is C[C@H](NC(=O)COC(=O)[C@@H]1CC(=O)N(c2ccc3c(c2)OCCO3)C1)C12CC3CC(CC(C3)C1)C2. The Hall–Kier alpha value is -2.77. The molecular formula is C27H34N2O6. The smallest absolute Gasteiger partial charge is 0.311 e. The highest BCUT2D eigenvalue weighted by molar-refractivity contribution is 6.00. The molecule has 0 spiro atoms. The average Bonchev–Trinajstić information content (AvgIpc) is 3.23. The van der Waals surface area contributed by atoms with Gasteiger partial charge in [0, 0.05) is 30.8 Å². The molecule has 2 heterocycles. The molecule has 188 valence electrons. The average molecular weight is 483 g/mol. The Balaban J connectivity index is 1.01. The van der Waals surface area contributed by atoms with E-state index in [9.17, 15) is 14.4 Å². The quantitative estimate of drug-likeness (QED) is 0.627. The molecule has 8 nitrogen and oxygen atoms in total.